The van der Waals surface area contributed by atoms with Crippen molar-refractivity contribution >= 4 is 31.9 Å². The van der Waals surface area contributed by atoms with Crippen molar-refractivity contribution < 1.29 is 9.47 Å². The van der Waals surface area contributed by atoms with Gasteiger partial charge in [0.1, 0.15) is 0 Å². The molecule has 0 aliphatic heterocycles. The average Bonchev–Trinajstić information content (AvgIpc) is 2.46. The van der Waals surface area contributed by atoms with Crippen LogP contribution in [0.5, 0.6) is 11.5 Å². The number of rotatable bonds is 5. The Morgan fingerprint density at radius 1 is 1.05 bits per heavy atom. The number of hydrogen-bond donors (Lipinski definition) is 0. The Hall–Kier alpha value is -1.00. The third kappa shape index (κ3) is 4.01. The second-order valence-corrected chi connectivity index (χ2v) is 6.89. The summed E-state index contributed by atoms with van der Waals surface area (Å²) in [6.07, 6.45) is 0.912. The third-order valence-electron chi connectivity index (χ3n) is 3.41. The number of benzene rings is 2. The number of ether oxygens (including phenoxy) is 2. The van der Waals surface area contributed by atoms with Gasteiger partial charge in [-0.2, -0.15) is 0 Å². The Morgan fingerprint density at radius 2 is 1.71 bits per heavy atom. The topological polar surface area (TPSA) is 18.5 Å². The van der Waals surface area contributed by atoms with Gasteiger partial charge in [-0.3, -0.25) is 0 Å². The normalized spacial score (nSPS) is 12.0. The second kappa shape index (κ2) is 7.32. The predicted molar refractivity (Wildman–Crippen MR) is 93.8 cm³/mol. The Labute approximate surface area is 142 Å². The average molecular weight is 414 g/mol. The van der Waals surface area contributed by atoms with Gasteiger partial charge >= 0.3 is 0 Å². The van der Waals surface area contributed by atoms with Crippen LogP contribution in [-0.4, -0.2) is 14.2 Å². The lowest BCUT2D eigenvalue weighted by molar-refractivity contribution is 0.354. The number of methoxy groups -OCH3 is 2. The van der Waals surface area contributed by atoms with E-state index in [1.807, 2.05) is 18.2 Å². The van der Waals surface area contributed by atoms with Crippen LogP contribution in [0.15, 0.2) is 40.9 Å². The Kier molecular flexibility index (Phi) is 5.71. The first kappa shape index (κ1) is 16.4. The highest BCUT2D eigenvalue weighted by molar-refractivity contribution is 9.10. The summed E-state index contributed by atoms with van der Waals surface area (Å²) in [6, 6.07) is 12.4. The summed E-state index contributed by atoms with van der Waals surface area (Å²) in [7, 11) is 3.32. The molecule has 2 aromatic rings. The SMILES string of the molecule is COc1cc(C)c(C(Br)Cc2cccc(Br)c2)cc1OC. The van der Waals surface area contributed by atoms with E-state index >= 15 is 0 Å². The van der Waals surface area contributed by atoms with Gasteiger partial charge in [0, 0.05) is 9.30 Å². The molecule has 0 aliphatic carbocycles. The van der Waals surface area contributed by atoms with Crippen LogP contribution in [0.25, 0.3) is 0 Å². The van der Waals surface area contributed by atoms with E-state index in [0.717, 1.165) is 22.4 Å². The van der Waals surface area contributed by atoms with Crippen molar-refractivity contribution in [1.29, 1.82) is 0 Å². The molecule has 2 rings (SSSR count). The standard InChI is InChI=1S/C17H18Br2O2/c1-11-7-16(20-2)17(21-3)10-14(11)15(19)9-12-5-4-6-13(18)8-12/h4-8,10,15H,9H2,1-3H3. The molecule has 0 saturated carbocycles. The molecule has 2 nitrogen and oxygen atoms in total. The van der Waals surface area contributed by atoms with Crippen LogP contribution < -0.4 is 9.47 Å². The van der Waals surface area contributed by atoms with Crippen LogP contribution >= 0.6 is 31.9 Å². The molecule has 0 aliphatic rings. The first-order valence-corrected chi connectivity index (χ1v) is 8.37. The number of alkyl halides is 1. The number of halogens is 2. The molecule has 0 spiro atoms. The zero-order valence-electron chi connectivity index (χ0n) is 12.3. The van der Waals surface area contributed by atoms with Gasteiger partial charge in [0.15, 0.2) is 11.5 Å². The molecule has 0 bridgehead atoms. The van der Waals surface area contributed by atoms with Crippen molar-refractivity contribution in [3.05, 3.63) is 57.6 Å². The quantitative estimate of drug-likeness (QED) is 0.606. The minimum absolute atomic E-state index is 0.228. The Morgan fingerprint density at radius 3 is 2.33 bits per heavy atom. The Bertz CT molecular complexity index is 626. The summed E-state index contributed by atoms with van der Waals surface area (Å²) in [5, 5.41) is 0. The van der Waals surface area contributed by atoms with Gasteiger partial charge in [-0.25, -0.2) is 0 Å². The van der Waals surface area contributed by atoms with Crippen molar-refractivity contribution in [2.45, 2.75) is 18.2 Å². The molecule has 1 unspecified atom stereocenters. The fraction of sp³-hybridized carbons (Fsp3) is 0.294. The number of aryl methyl sites for hydroxylation is 1. The highest BCUT2D eigenvalue weighted by atomic mass is 79.9. The van der Waals surface area contributed by atoms with Crippen LogP contribution in [0.4, 0.5) is 0 Å². The van der Waals surface area contributed by atoms with E-state index < -0.39 is 0 Å². The van der Waals surface area contributed by atoms with Crippen LogP contribution in [0.1, 0.15) is 21.5 Å². The molecule has 0 aromatic heterocycles. The van der Waals surface area contributed by atoms with Gasteiger partial charge in [0.25, 0.3) is 0 Å². The van der Waals surface area contributed by atoms with Gasteiger partial charge in [-0.1, -0.05) is 44.0 Å². The van der Waals surface area contributed by atoms with Gasteiger partial charge < -0.3 is 9.47 Å². The molecule has 0 saturated heterocycles. The highest BCUT2D eigenvalue weighted by Crippen LogP contribution is 2.37. The third-order valence-corrected chi connectivity index (χ3v) is 4.72. The van der Waals surface area contributed by atoms with Crippen LogP contribution in [0, 0.1) is 6.92 Å². The van der Waals surface area contributed by atoms with Gasteiger partial charge in [-0.15, -0.1) is 0 Å². The molecule has 0 N–H and O–H groups in total. The molecule has 0 fully saturated rings. The molecular formula is C17H18Br2O2. The fourth-order valence-electron chi connectivity index (χ4n) is 2.31. The van der Waals surface area contributed by atoms with Crippen molar-refractivity contribution in [3.63, 3.8) is 0 Å². The maximum Gasteiger partial charge on any atom is 0.161 e. The van der Waals surface area contributed by atoms with Crippen molar-refractivity contribution in [2.75, 3.05) is 14.2 Å². The highest BCUT2D eigenvalue weighted by Gasteiger charge is 2.15. The fourth-order valence-corrected chi connectivity index (χ4v) is 3.63. The molecule has 0 radical (unpaired) electrons. The van der Waals surface area contributed by atoms with E-state index in [1.54, 1.807) is 14.2 Å². The molecular weight excluding hydrogens is 396 g/mol. The minimum atomic E-state index is 0.228. The summed E-state index contributed by atoms with van der Waals surface area (Å²) >= 11 is 7.31. The maximum absolute atomic E-state index is 5.40. The van der Waals surface area contributed by atoms with Crippen molar-refractivity contribution in [2.24, 2.45) is 0 Å². The summed E-state index contributed by atoms with van der Waals surface area (Å²) < 4.78 is 11.8. The summed E-state index contributed by atoms with van der Waals surface area (Å²) in [5.41, 5.74) is 3.68. The van der Waals surface area contributed by atoms with Gasteiger partial charge in [-0.05, 0) is 54.3 Å². The van der Waals surface area contributed by atoms with E-state index in [-0.39, 0.29) is 4.83 Å². The zero-order chi connectivity index (χ0) is 15.4. The Balaban J connectivity index is 2.28. The summed E-state index contributed by atoms with van der Waals surface area (Å²) in [4.78, 5) is 0.228. The van der Waals surface area contributed by atoms with Crippen molar-refractivity contribution in [1.82, 2.24) is 0 Å². The number of hydrogen-bond acceptors (Lipinski definition) is 2. The first-order chi connectivity index (χ1) is 10.0. The lowest BCUT2D eigenvalue weighted by Gasteiger charge is -2.17. The predicted octanol–water partition coefficient (Wildman–Crippen LogP) is 5.45. The molecule has 2 aromatic carbocycles. The molecule has 21 heavy (non-hydrogen) atoms. The monoisotopic (exact) mass is 412 g/mol. The maximum atomic E-state index is 5.40. The van der Waals surface area contributed by atoms with Gasteiger partial charge in [0.05, 0.1) is 14.2 Å². The van der Waals surface area contributed by atoms with E-state index in [9.17, 15) is 0 Å². The van der Waals surface area contributed by atoms with Crippen LogP contribution in [0.3, 0.4) is 0 Å². The summed E-state index contributed by atoms with van der Waals surface area (Å²) in [6.45, 7) is 2.09. The first-order valence-electron chi connectivity index (χ1n) is 6.66. The molecule has 1 atom stereocenters. The lowest BCUT2D eigenvalue weighted by atomic mass is 9.99. The van der Waals surface area contributed by atoms with E-state index in [1.165, 1.54) is 16.7 Å². The summed E-state index contributed by atoms with van der Waals surface area (Å²) in [5.74, 6) is 1.53. The largest absolute Gasteiger partial charge is 0.493 e. The van der Waals surface area contributed by atoms with E-state index in [4.69, 9.17) is 9.47 Å². The minimum Gasteiger partial charge on any atom is -0.493 e. The lowest BCUT2D eigenvalue weighted by Crippen LogP contribution is -2.00. The molecule has 0 amide bonds. The molecule has 0 heterocycles. The van der Waals surface area contributed by atoms with Crippen molar-refractivity contribution in [3.8, 4) is 11.5 Å². The molecule has 4 heteroatoms. The smallest absolute Gasteiger partial charge is 0.161 e. The second-order valence-electron chi connectivity index (χ2n) is 4.87. The van der Waals surface area contributed by atoms with Crippen LogP contribution in [0.2, 0.25) is 0 Å². The van der Waals surface area contributed by atoms with Gasteiger partial charge in [0.2, 0.25) is 0 Å². The zero-order valence-corrected chi connectivity index (χ0v) is 15.5. The van der Waals surface area contributed by atoms with E-state index in [2.05, 4.69) is 57.0 Å². The van der Waals surface area contributed by atoms with E-state index in [0.29, 0.717) is 0 Å². The van der Waals surface area contributed by atoms with Crippen LogP contribution in [-0.2, 0) is 6.42 Å². The molecule has 112 valence electrons.